The molecule has 13 rings (SSSR count). The molecule has 3 heterocycles. The Kier molecular flexibility index (Phi) is 6.98. The van der Waals surface area contributed by atoms with Crippen molar-refractivity contribution in [3.8, 4) is 39.5 Å². The fourth-order valence-electron chi connectivity index (χ4n) is 9.72. The molecule has 0 aliphatic rings. The fourth-order valence-corrected chi connectivity index (χ4v) is 9.72. The van der Waals surface area contributed by atoms with E-state index in [0.29, 0.717) is 5.95 Å². The Morgan fingerprint density at radius 3 is 1.78 bits per heavy atom. The van der Waals surface area contributed by atoms with Crippen LogP contribution in [0.2, 0.25) is 0 Å². The number of rotatable bonds is 4. The lowest BCUT2D eigenvalue weighted by Crippen LogP contribution is -2.04. The molecule has 0 aliphatic carbocycles. The number of para-hydroxylation sites is 3. The predicted octanol–water partition coefficient (Wildman–Crippen LogP) is 15.1. The molecule has 0 fully saturated rings. The van der Waals surface area contributed by atoms with Gasteiger partial charge in [-0.1, -0.05) is 176 Å². The Hall–Kier alpha value is -8.08. The van der Waals surface area contributed by atoms with Crippen molar-refractivity contribution in [3.63, 3.8) is 0 Å². The topological polar surface area (TPSA) is 43.9 Å². The van der Waals surface area contributed by atoms with Crippen molar-refractivity contribution in [1.29, 1.82) is 0 Å². The molecule has 278 valence electrons. The van der Waals surface area contributed by atoms with Gasteiger partial charge in [0, 0.05) is 43.4 Å². The molecule has 0 amide bonds. The average Bonchev–Trinajstić information content (AvgIpc) is 3.87. The van der Waals surface area contributed by atoms with Gasteiger partial charge in [-0.2, -0.15) is 0 Å². The zero-order valence-electron chi connectivity index (χ0n) is 32.3. The highest BCUT2D eigenvalue weighted by molar-refractivity contribution is 6.33. The summed E-state index contributed by atoms with van der Waals surface area (Å²) in [6.07, 6.45) is 0. The maximum atomic E-state index is 6.45. The Bertz CT molecular complexity index is 3890. The van der Waals surface area contributed by atoms with Gasteiger partial charge in [-0.15, -0.1) is 0 Å². The molecular formula is C56H33N3O. The van der Waals surface area contributed by atoms with E-state index < -0.39 is 0 Å². The van der Waals surface area contributed by atoms with Crippen LogP contribution in [0.15, 0.2) is 205 Å². The third-order valence-corrected chi connectivity index (χ3v) is 12.4. The van der Waals surface area contributed by atoms with Crippen LogP contribution in [0.25, 0.3) is 126 Å². The second-order valence-corrected chi connectivity index (χ2v) is 15.7. The van der Waals surface area contributed by atoms with Gasteiger partial charge in [0.1, 0.15) is 11.2 Å². The van der Waals surface area contributed by atoms with Crippen molar-refractivity contribution in [2.24, 2.45) is 0 Å². The summed E-state index contributed by atoms with van der Waals surface area (Å²) in [4.78, 5) is 11.0. The lowest BCUT2D eigenvalue weighted by Gasteiger charge is -2.15. The Balaban J connectivity index is 1.12. The third-order valence-electron chi connectivity index (χ3n) is 12.4. The number of benzene rings is 10. The van der Waals surface area contributed by atoms with E-state index in [2.05, 4.69) is 193 Å². The van der Waals surface area contributed by atoms with E-state index >= 15 is 0 Å². The quantitative estimate of drug-likeness (QED) is 0.168. The Labute approximate surface area is 344 Å². The van der Waals surface area contributed by atoms with Crippen LogP contribution in [0.4, 0.5) is 0 Å². The lowest BCUT2D eigenvalue weighted by molar-refractivity contribution is 0.669. The molecule has 0 spiro atoms. The summed E-state index contributed by atoms with van der Waals surface area (Å²) in [5.41, 5.74) is 11.2. The molecule has 0 saturated heterocycles. The predicted molar refractivity (Wildman–Crippen MR) is 250 cm³/mol. The number of aromatic nitrogens is 3. The first-order chi connectivity index (χ1) is 29.8. The number of hydrogen-bond donors (Lipinski definition) is 0. The number of nitrogens with zero attached hydrogens (tertiary/aromatic N) is 3. The molecule has 13 aromatic rings. The van der Waals surface area contributed by atoms with Gasteiger partial charge in [-0.3, -0.25) is 4.57 Å². The van der Waals surface area contributed by atoms with Crippen molar-refractivity contribution < 1.29 is 4.42 Å². The van der Waals surface area contributed by atoms with Gasteiger partial charge in [0.05, 0.1) is 22.2 Å². The highest BCUT2D eigenvalue weighted by atomic mass is 16.3. The molecule has 0 bridgehead atoms. The number of hydrogen-bond acceptors (Lipinski definition) is 3. The standard InChI is InChI=1S/C56H33N3O/c1-2-15-38-34(13-1)14-11-22-39(38)35-27-29-36(30-28-35)53-47-21-7-9-25-49(47)57-56(58-53)59-54-40(37-31-32-44-43-18-8-10-26-50(43)60-51(44)33-37)23-12-24-48(54)52-45-19-5-3-16-41(45)42-17-4-6-20-46(42)55(52)59/h1-33H. The normalized spacial score (nSPS) is 12.0. The molecule has 3 aromatic heterocycles. The molecule has 4 heteroatoms. The third kappa shape index (κ3) is 4.79. The monoisotopic (exact) mass is 763 g/mol. The molecule has 10 aromatic carbocycles. The molecule has 0 atom stereocenters. The van der Waals surface area contributed by atoms with Crippen LogP contribution in [0.5, 0.6) is 0 Å². The number of fused-ring (bicyclic) bond motifs is 13. The van der Waals surface area contributed by atoms with E-state index in [9.17, 15) is 0 Å². The van der Waals surface area contributed by atoms with Gasteiger partial charge in [0.15, 0.2) is 0 Å². The first-order valence-electron chi connectivity index (χ1n) is 20.4. The van der Waals surface area contributed by atoms with E-state index in [4.69, 9.17) is 14.4 Å². The van der Waals surface area contributed by atoms with Crippen LogP contribution in [-0.4, -0.2) is 14.5 Å². The van der Waals surface area contributed by atoms with Gasteiger partial charge >= 0.3 is 0 Å². The minimum absolute atomic E-state index is 0.625. The Morgan fingerprint density at radius 1 is 0.350 bits per heavy atom. The molecule has 0 unspecified atom stereocenters. The van der Waals surface area contributed by atoms with Crippen molar-refractivity contribution >= 4 is 87.0 Å². The van der Waals surface area contributed by atoms with Crippen LogP contribution in [0.3, 0.4) is 0 Å². The fraction of sp³-hybridized carbons (Fsp3) is 0. The molecule has 0 saturated carbocycles. The lowest BCUT2D eigenvalue weighted by atomic mass is 9.96. The molecule has 0 aliphatic heterocycles. The van der Waals surface area contributed by atoms with Crippen LogP contribution < -0.4 is 0 Å². The number of furan rings is 1. The molecular weight excluding hydrogens is 731 g/mol. The zero-order valence-corrected chi connectivity index (χ0v) is 32.3. The first-order valence-corrected chi connectivity index (χ1v) is 20.4. The zero-order chi connectivity index (χ0) is 39.3. The summed E-state index contributed by atoms with van der Waals surface area (Å²) in [6.45, 7) is 0. The van der Waals surface area contributed by atoms with E-state index in [1.54, 1.807) is 0 Å². The second kappa shape index (κ2) is 12.7. The van der Waals surface area contributed by atoms with Crippen molar-refractivity contribution in [3.05, 3.63) is 200 Å². The SMILES string of the molecule is c1ccc2c(-c3ccc(-c4nc(-n5c6c(-c7ccc8c(c7)oc7ccccc78)cccc6c6c7ccccc7c7ccccc7c65)nc5ccccc45)cc3)cccc2c1. The largest absolute Gasteiger partial charge is 0.456 e. The van der Waals surface area contributed by atoms with Crippen molar-refractivity contribution in [2.45, 2.75) is 0 Å². The highest BCUT2D eigenvalue weighted by Crippen LogP contribution is 2.46. The summed E-state index contributed by atoms with van der Waals surface area (Å²) in [6, 6.07) is 71.4. The van der Waals surface area contributed by atoms with Crippen LogP contribution in [-0.2, 0) is 0 Å². The van der Waals surface area contributed by atoms with Crippen molar-refractivity contribution in [2.75, 3.05) is 0 Å². The smallest absolute Gasteiger partial charge is 0.235 e. The van der Waals surface area contributed by atoms with E-state index in [0.717, 1.165) is 77.0 Å². The summed E-state index contributed by atoms with van der Waals surface area (Å²) >= 11 is 0. The first kappa shape index (κ1) is 32.9. The molecule has 0 radical (unpaired) electrons. The minimum Gasteiger partial charge on any atom is -0.456 e. The van der Waals surface area contributed by atoms with Gasteiger partial charge in [-0.25, -0.2) is 9.97 Å². The van der Waals surface area contributed by atoms with E-state index in [1.807, 2.05) is 12.1 Å². The van der Waals surface area contributed by atoms with Crippen LogP contribution in [0.1, 0.15) is 0 Å². The van der Waals surface area contributed by atoms with E-state index in [1.165, 1.54) is 43.4 Å². The minimum atomic E-state index is 0.625. The maximum absolute atomic E-state index is 6.45. The van der Waals surface area contributed by atoms with Gasteiger partial charge < -0.3 is 4.42 Å². The van der Waals surface area contributed by atoms with Crippen LogP contribution in [0, 0.1) is 0 Å². The highest BCUT2D eigenvalue weighted by Gasteiger charge is 2.24. The van der Waals surface area contributed by atoms with Gasteiger partial charge in [-0.05, 0) is 67.9 Å². The Morgan fingerprint density at radius 2 is 0.933 bits per heavy atom. The summed E-state index contributed by atoms with van der Waals surface area (Å²) in [7, 11) is 0. The summed E-state index contributed by atoms with van der Waals surface area (Å²) in [5, 5.41) is 12.8. The summed E-state index contributed by atoms with van der Waals surface area (Å²) in [5.74, 6) is 0.625. The maximum Gasteiger partial charge on any atom is 0.235 e. The molecule has 60 heavy (non-hydrogen) atoms. The van der Waals surface area contributed by atoms with Gasteiger partial charge in [0.25, 0.3) is 0 Å². The van der Waals surface area contributed by atoms with Crippen molar-refractivity contribution in [1.82, 2.24) is 14.5 Å². The van der Waals surface area contributed by atoms with E-state index in [-0.39, 0.29) is 0 Å². The average molecular weight is 764 g/mol. The van der Waals surface area contributed by atoms with Crippen LogP contribution >= 0.6 is 0 Å². The molecule has 0 N–H and O–H groups in total. The second-order valence-electron chi connectivity index (χ2n) is 15.7. The summed E-state index contributed by atoms with van der Waals surface area (Å²) < 4.78 is 8.79. The van der Waals surface area contributed by atoms with Gasteiger partial charge in [0.2, 0.25) is 5.95 Å². The molecule has 4 nitrogen and oxygen atoms in total.